The lowest BCUT2D eigenvalue weighted by molar-refractivity contribution is 0.0906. The molecule has 3 aromatic rings. The number of methoxy groups -OCH3 is 1. The molecule has 1 aromatic heterocycles. The number of aromatic nitrogens is 1. The molecule has 0 amide bonds. The fourth-order valence-electron chi connectivity index (χ4n) is 2.75. The van der Waals surface area contributed by atoms with Gasteiger partial charge in [0.1, 0.15) is 16.9 Å². The minimum Gasteiger partial charge on any atom is -0.497 e. The summed E-state index contributed by atoms with van der Waals surface area (Å²) in [5.41, 5.74) is 4.06. The van der Waals surface area contributed by atoms with Crippen LogP contribution in [0.3, 0.4) is 0 Å². The first kappa shape index (κ1) is 18.6. The van der Waals surface area contributed by atoms with Gasteiger partial charge in [0.2, 0.25) is 0 Å². The highest BCUT2D eigenvalue weighted by Gasteiger charge is 2.20. The molecule has 0 fully saturated rings. The van der Waals surface area contributed by atoms with Crippen LogP contribution >= 0.6 is 11.3 Å². The monoisotopic (exact) mass is 369 g/mol. The van der Waals surface area contributed by atoms with Crippen molar-refractivity contribution in [1.82, 2.24) is 4.98 Å². The predicted molar refractivity (Wildman–Crippen MR) is 106 cm³/mol. The molecule has 2 N–H and O–H groups in total. The van der Waals surface area contributed by atoms with Crippen molar-refractivity contribution in [3.05, 3.63) is 59.1 Å². The molecule has 4 nitrogen and oxygen atoms in total. The summed E-state index contributed by atoms with van der Waals surface area (Å²) >= 11 is 1.47. The van der Waals surface area contributed by atoms with Crippen molar-refractivity contribution in [3.63, 3.8) is 0 Å². The lowest BCUT2D eigenvalue weighted by atomic mass is 10.1. The van der Waals surface area contributed by atoms with Crippen molar-refractivity contribution in [2.24, 2.45) is 0 Å². The van der Waals surface area contributed by atoms with Gasteiger partial charge >= 0.3 is 0 Å². The van der Waals surface area contributed by atoms with Crippen molar-refractivity contribution in [3.8, 4) is 27.4 Å². The topological polar surface area (TPSA) is 62.6 Å². The number of nitrogens with zero attached hydrogens (tertiary/aromatic N) is 1. The van der Waals surface area contributed by atoms with E-state index in [4.69, 9.17) is 9.72 Å². The smallest absolute Gasteiger partial charge is 0.123 e. The number of rotatable bonds is 6. The zero-order chi connectivity index (χ0) is 18.7. The number of aliphatic hydroxyl groups excluding tert-OH is 2. The Balaban J connectivity index is 2.07. The summed E-state index contributed by atoms with van der Waals surface area (Å²) in [4.78, 5) is 5.71. The molecule has 0 bridgehead atoms. The molecule has 136 valence electrons. The van der Waals surface area contributed by atoms with Crippen LogP contribution in [-0.2, 0) is 0 Å². The van der Waals surface area contributed by atoms with Crippen LogP contribution in [-0.4, -0.2) is 28.4 Å². The van der Waals surface area contributed by atoms with Gasteiger partial charge in [-0.3, -0.25) is 0 Å². The summed E-state index contributed by atoms with van der Waals surface area (Å²) in [6.07, 6.45) is -1.10. The highest BCUT2D eigenvalue weighted by Crippen LogP contribution is 2.40. The van der Waals surface area contributed by atoms with E-state index >= 15 is 0 Å². The molecular weight excluding hydrogens is 346 g/mol. The van der Waals surface area contributed by atoms with Gasteiger partial charge in [0.15, 0.2) is 0 Å². The molecule has 0 aliphatic heterocycles. The third-order valence-corrected chi connectivity index (χ3v) is 5.38. The lowest BCUT2D eigenvalue weighted by Gasteiger charge is -2.08. The number of benzene rings is 2. The minimum atomic E-state index is -0.781. The molecule has 2 aromatic carbocycles. The van der Waals surface area contributed by atoms with E-state index in [1.54, 1.807) is 14.0 Å². The number of hydrogen-bond donors (Lipinski definition) is 2. The number of aryl methyl sites for hydroxylation is 1. The summed E-state index contributed by atoms with van der Waals surface area (Å²) in [5.74, 6) is 0.787. The Kier molecular flexibility index (Phi) is 5.71. The molecule has 0 radical (unpaired) electrons. The zero-order valence-electron chi connectivity index (χ0n) is 15.1. The fraction of sp³-hybridized carbons (Fsp3) is 0.286. The molecule has 0 saturated carbocycles. The maximum atomic E-state index is 10.4. The summed E-state index contributed by atoms with van der Waals surface area (Å²) in [6.45, 7) is 3.72. The molecule has 5 heteroatoms. The summed E-state index contributed by atoms with van der Waals surface area (Å²) in [6, 6.07) is 16.0. The Bertz CT molecular complexity index is 854. The minimum absolute atomic E-state index is 0.267. The molecular formula is C21H23NO3S. The van der Waals surface area contributed by atoms with Crippen molar-refractivity contribution >= 4 is 11.3 Å². The van der Waals surface area contributed by atoms with E-state index in [1.807, 2.05) is 24.3 Å². The van der Waals surface area contributed by atoms with E-state index in [9.17, 15) is 10.2 Å². The average Bonchev–Trinajstić information content (AvgIpc) is 3.07. The van der Waals surface area contributed by atoms with Crippen molar-refractivity contribution in [2.45, 2.75) is 32.5 Å². The number of ether oxygens (including phenoxy) is 1. The normalized spacial score (nSPS) is 13.4. The third-order valence-electron chi connectivity index (χ3n) is 4.17. The van der Waals surface area contributed by atoms with E-state index in [-0.39, 0.29) is 6.42 Å². The van der Waals surface area contributed by atoms with Gasteiger partial charge in [-0.1, -0.05) is 29.8 Å². The Morgan fingerprint density at radius 2 is 1.62 bits per heavy atom. The Labute approximate surface area is 157 Å². The molecule has 1 heterocycles. The first-order valence-corrected chi connectivity index (χ1v) is 9.38. The Morgan fingerprint density at radius 3 is 2.19 bits per heavy atom. The molecule has 0 saturated heterocycles. The summed E-state index contributed by atoms with van der Waals surface area (Å²) in [7, 11) is 1.64. The third kappa shape index (κ3) is 4.12. The van der Waals surface area contributed by atoms with E-state index in [1.165, 1.54) is 16.9 Å². The SMILES string of the molecule is COc1ccc(-c2nc(C(O)CC(C)O)sc2-c2ccc(C)cc2)cc1. The van der Waals surface area contributed by atoms with E-state index in [0.717, 1.165) is 27.4 Å². The van der Waals surface area contributed by atoms with Crippen LogP contribution in [0.4, 0.5) is 0 Å². The van der Waals surface area contributed by atoms with Gasteiger partial charge in [0.25, 0.3) is 0 Å². The molecule has 3 rings (SSSR count). The molecule has 0 aliphatic rings. The molecule has 0 aliphatic carbocycles. The number of aliphatic hydroxyl groups is 2. The summed E-state index contributed by atoms with van der Waals surface area (Å²) < 4.78 is 5.23. The highest BCUT2D eigenvalue weighted by molar-refractivity contribution is 7.15. The van der Waals surface area contributed by atoms with Crippen LogP contribution in [0.1, 0.15) is 30.0 Å². The fourth-order valence-corrected chi connectivity index (χ4v) is 3.84. The first-order chi connectivity index (χ1) is 12.5. The average molecular weight is 369 g/mol. The molecule has 2 unspecified atom stereocenters. The van der Waals surface area contributed by atoms with Crippen LogP contribution < -0.4 is 4.74 Å². The number of thiazole rings is 1. The van der Waals surface area contributed by atoms with Crippen molar-refractivity contribution < 1.29 is 14.9 Å². The van der Waals surface area contributed by atoms with Gasteiger partial charge in [-0.25, -0.2) is 4.98 Å². The van der Waals surface area contributed by atoms with Gasteiger partial charge in [-0.15, -0.1) is 11.3 Å². The number of hydrogen-bond acceptors (Lipinski definition) is 5. The van der Waals surface area contributed by atoms with Gasteiger partial charge in [-0.2, -0.15) is 0 Å². The van der Waals surface area contributed by atoms with E-state index < -0.39 is 12.2 Å². The van der Waals surface area contributed by atoms with Gasteiger partial charge < -0.3 is 14.9 Å². The molecule has 2 atom stereocenters. The van der Waals surface area contributed by atoms with Crippen molar-refractivity contribution in [2.75, 3.05) is 7.11 Å². The van der Waals surface area contributed by atoms with Crippen LogP contribution in [0.5, 0.6) is 5.75 Å². The highest BCUT2D eigenvalue weighted by atomic mass is 32.1. The zero-order valence-corrected chi connectivity index (χ0v) is 16.0. The summed E-state index contributed by atoms with van der Waals surface area (Å²) in [5, 5.41) is 20.6. The van der Waals surface area contributed by atoms with Crippen LogP contribution in [0.15, 0.2) is 48.5 Å². The lowest BCUT2D eigenvalue weighted by Crippen LogP contribution is -2.07. The maximum absolute atomic E-state index is 10.4. The van der Waals surface area contributed by atoms with Crippen LogP contribution in [0, 0.1) is 6.92 Å². The second-order valence-electron chi connectivity index (χ2n) is 6.42. The van der Waals surface area contributed by atoms with Crippen LogP contribution in [0.2, 0.25) is 0 Å². The quantitative estimate of drug-likeness (QED) is 0.667. The Hall–Kier alpha value is -2.21. The van der Waals surface area contributed by atoms with Crippen molar-refractivity contribution in [1.29, 1.82) is 0 Å². The van der Waals surface area contributed by atoms with Gasteiger partial charge in [-0.05, 0) is 43.7 Å². The molecule has 26 heavy (non-hydrogen) atoms. The standard InChI is InChI=1S/C21H23NO3S/c1-13-4-6-16(7-5-13)20-19(15-8-10-17(25-3)11-9-15)22-21(26-20)18(24)12-14(2)23/h4-11,14,18,23-24H,12H2,1-3H3. The first-order valence-electron chi connectivity index (χ1n) is 8.56. The van der Waals surface area contributed by atoms with Crippen LogP contribution in [0.25, 0.3) is 21.7 Å². The Morgan fingerprint density at radius 1 is 1.00 bits per heavy atom. The largest absolute Gasteiger partial charge is 0.497 e. The predicted octanol–water partition coefficient (Wildman–Crippen LogP) is 4.60. The van der Waals surface area contributed by atoms with Gasteiger partial charge in [0.05, 0.1) is 23.8 Å². The maximum Gasteiger partial charge on any atom is 0.123 e. The van der Waals surface area contributed by atoms with E-state index in [2.05, 4.69) is 31.2 Å². The second kappa shape index (κ2) is 7.99. The molecule has 0 spiro atoms. The second-order valence-corrected chi connectivity index (χ2v) is 7.46. The van der Waals surface area contributed by atoms with E-state index in [0.29, 0.717) is 5.01 Å². The van der Waals surface area contributed by atoms with Gasteiger partial charge in [0, 0.05) is 12.0 Å².